The lowest BCUT2D eigenvalue weighted by Crippen LogP contribution is -2.43. The highest BCUT2D eigenvalue weighted by atomic mass is 16.5. The third kappa shape index (κ3) is 3.98. The molecule has 21 heavy (non-hydrogen) atoms. The van der Waals surface area contributed by atoms with Gasteiger partial charge in [-0.2, -0.15) is 0 Å². The molecule has 1 saturated heterocycles. The maximum Gasteiger partial charge on any atom is 0.122 e. The maximum atomic E-state index is 5.75. The Kier molecular flexibility index (Phi) is 5.15. The molecule has 0 spiro atoms. The van der Waals surface area contributed by atoms with Crippen LogP contribution in [0.5, 0.6) is 5.75 Å². The van der Waals surface area contributed by atoms with Gasteiger partial charge in [-0.05, 0) is 50.9 Å². The van der Waals surface area contributed by atoms with Gasteiger partial charge in [-0.15, -0.1) is 0 Å². The van der Waals surface area contributed by atoms with E-state index in [0.29, 0.717) is 12.0 Å². The minimum Gasteiger partial charge on any atom is -0.493 e. The van der Waals surface area contributed by atoms with Crippen LogP contribution in [0.3, 0.4) is 0 Å². The number of piperidine rings is 1. The van der Waals surface area contributed by atoms with Crippen LogP contribution in [0.15, 0.2) is 24.3 Å². The lowest BCUT2D eigenvalue weighted by Gasteiger charge is -2.31. The van der Waals surface area contributed by atoms with Crippen LogP contribution in [0.2, 0.25) is 0 Å². The van der Waals surface area contributed by atoms with Crippen LogP contribution in [0.25, 0.3) is 0 Å². The van der Waals surface area contributed by atoms with E-state index in [-0.39, 0.29) is 0 Å². The zero-order valence-electron chi connectivity index (χ0n) is 13.2. The molecule has 2 aliphatic rings. The third-order valence-electron chi connectivity index (χ3n) is 4.78. The van der Waals surface area contributed by atoms with Crippen molar-refractivity contribution in [2.24, 2.45) is 0 Å². The molecule has 2 unspecified atom stereocenters. The molecular formula is C18H28N2O. The van der Waals surface area contributed by atoms with E-state index < -0.39 is 0 Å². The van der Waals surface area contributed by atoms with Gasteiger partial charge in [0.15, 0.2) is 0 Å². The normalized spacial score (nSPS) is 24.1. The van der Waals surface area contributed by atoms with E-state index >= 15 is 0 Å². The highest BCUT2D eigenvalue weighted by Crippen LogP contribution is 2.32. The number of nitrogens with one attached hydrogen (secondary N) is 1. The van der Waals surface area contributed by atoms with Gasteiger partial charge in [-0.1, -0.05) is 24.6 Å². The molecular weight excluding hydrogens is 260 g/mol. The molecule has 116 valence electrons. The highest BCUT2D eigenvalue weighted by molar-refractivity contribution is 5.37. The van der Waals surface area contributed by atoms with Crippen molar-refractivity contribution in [1.29, 1.82) is 0 Å². The number of rotatable bonds is 5. The van der Waals surface area contributed by atoms with Crippen LogP contribution in [0.4, 0.5) is 0 Å². The van der Waals surface area contributed by atoms with Crippen molar-refractivity contribution in [3.63, 3.8) is 0 Å². The Morgan fingerprint density at radius 1 is 1.24 bits per heavy atom. The Morgan fingerprint density at radius 3 is 2.90 bits per heavy atom. The Hall–Kier alpha value is -1.06. The SMILES string of the molecule is CC(CN1CCCCC1)NCC1CCOc2ccccc21. The number of likely N-dealkylation sites (tertiary alicyclic amines) is 1. The molecule has 1 fully saturated rings. The topological polar surface area (TPSA) is 24.5 Å². The van der Waals surface area contributed by atoms with Crippen LogP contribution < -0.4 is 10.1 Å². The first kappa shape index (κ1) is 14.9. The van der Waals surface area contributed by atoms with E-state index in [9.17, 15) is 0 Å². The van der Waals surface area contributed by atoms with Gasteiger partial charge in [0.1, 0.15) is 5.75 Å². The number of fused-ring (bicyclic) bond motifs is 1. The fourth-order valence-corrected chi connectivity index (χ4v) is 3.57. The zero-order chi connectivity index (χ0) is 14.5. The Morgan fingerprint density at radius 2 is 2.05 bits per heavy atom. The fourth-order valence-electron chi connectivity index (χ4n) is 3.57. The van der Waals surface area contributed by atoms with Crippen LogP contribution in [-0.4, -0.2) is 43.7 Å². The van der Waals surface area contributed by atoms with Crippen LogP contribution in [-0.2, 0) is 0 Å². The molecule has 1 N–H and O–H groups in total. The monoisotopic (exact) mass is 288 g/mol. The van der Waals surface area contributed by atoms with Gasteiger partial charge < -0.3 is 15.0 Å². The molecule has 3 heteroatoms. The van der Waals surface area contributed by atoms with Gasteiger partial charge in [0, 0.05) is 25.0 Å². The molecule has 0 saturated carbocycles. The molecule has 0 aliphatic carbocycles. The van der Waals surface area contributed by atoms with E-state index in [0.717, 1.165) is 25.3 Å². The largest absolute Gasteiger partial charge is 0.493 e. The lowest BCUT2D eigenvalue weighted by molar-refractivity contribution is 0.205. The molecule has 1 aromatic rings. The second kappa shape index (κ2) is 7.28. The van der Waals surface area contributed by atoms with Crippen molar-refractivity contribution in [3.8, 4) is 5.75 Å². The van der Waals surface area contributed by atoms with Crippen molar-refractivity contribution in [1.82, 2.24) is 10.2 Å². The summed E-state index contributed by atoms with van der Waals surface area (Å²) in [4.78, 5) is 2.61. The Balaban J connectivity index is 1.49. The molecule has 0 bridgehead atoms. The molecule has 1 aromatic carbocycles. The predicted octanol–water partition coefficient (Wildman–Crippen LogP) is 3.02. The van der Waals surface area contributed by atoms with Crippen molar-refractivity contribution in [2.75, 3.05) is 32.8 Å². The van der Waals surface area contributed by atoms with Crippen LogP contribution in [0.1, 0.15) is 44.1 Å². The first-order chi connectivity index (χ1) is 10.3. The number of para-hydroxylation sites is 1. The second-order valence-corrected chi connectivity index (χ2v) is 6.54. The summed E-state index contributed by atoms with van der Waals surface area (Å²) in [6.45, 7) is 7.99. The van der Waals surface area contributed by atoms with Crippen molar-refractivity contribution in [3.05, 3.63) is 29.8 Å². The highest BCUT2D eigenvalue weighted by Gasteiger charge is 2.21. The number of hydrogen-bond acceptors (Lipinski definition) is 3. The standard InChI is InChI=1S/C18H28N2O/c1-15(14-20-10-5-2-6-11-20)19-13-16-9-12-21-18-8-4-3-7-17(16)18/h3-4,7-8,15-16,19H,2,5-6,9-14H2,1H3. The predicted molar refractivity (Wildman–Crippen MR) is 87.1 cm³/mol. The first-order valence-corrected chi connectivity index (χ1v) is 8.50. The average Bonchev–Trinajstić information content (AvgIpc) is 2.54. The van der Waals surface area contributed by atoms with Gasteiger partial charge in [-0.25, -0.2) is 0 Å². The smallest absolute Gasteiger partial charge is 0.122 e. The van der Waals surface area contributed by atoms with Gasteiger partial charge >= 0.3 is 0 Å². The molecule has 0 aromatic heterocycles. The molecule has 0 radical (unpaired) electrons. The van der Waals surface area contributed by atoms with Crippen LogP contribution >= 0.6 is 0 Å². The number of benzene rings is 1. The van der Waals surface area contributed by atoms with E-state index in [1.54, 1.807) is 0 Å². The Bertz CT molecular complexity index is 443. The zero-order valence-corrected chi connectivity index (χ0v) is 13.2. The number of nitrogens with zero attached hydrogens (tertiary/aromatic N) is 1. The van der Waals surface area contributed by atoms with Crippen LogP contribution in [0, 0.1) is 0 Å². The van der Waals surface area contributed by atoms with Gasteiger partial charge in [0.25, 0.3) is 0 Å². The Labute approximate surface area is 128 Å². The minimum absolute atomic E-state index is 0.568. The summed E-state index contributed by atoms with van der Waals surface area (Å²) in [5.41, 5.74) is 1.38. The van der Waals surface area contributed by atoms with Crippen molar-refractivity contribution in [2.45, 2.75) is 44.6 Å². The maximum absolute atomic E-state index is 5.75. The number of ether oxygens (including phenoxy) is 1. The van der Waals surface area contributed by atoms with Gasteiger partial charge in [0.05, 0.1) is 6.61 Å². The minimum atomic E-state index is 0.568. The summed E-state index contributed by atoms with van der Waals surface area (Å²) < 4.78 is 5.75. The quantitative estimate of drug-likeness (QED) is 0.901. The second-order valence-electron chi connectivity index (χ2n) is 6.54. The molecule has 2 aliphatic heterocycles. The summed E-state index contributed by atoms with van der Waals surface area (Å²) in [5, 5.41) is 3.74. The summed E-state index contributed by atoms with van der Waals surface area (Å²) in [7, 11) is 0. The van der Waals surface area contributed by atoms with E-state index in [1.807, 2.05) is 0 Å². The summed E-state index contributed by atoms with van der Waals surface area (Å²) in [5.74, 6) is 1.68. The molecule has 3 nitrogen and oxygen atoms in total. The lowest BCUT2D eigenvalue weighted by atomic mass is 9.93. The van der Waals surface area contributed by atoms with Crippen molar-refractivity contribution < 1.29 is 4.74 Å². The summed E-state index contributed by atoms with van der Waals surface area (Å²) in [6, 6.07) is 9.07. The molecule has 2 heterocycles. The fraction of sp³-hybridized carbons (Fsp3) is 0.667. The van der Waals surface area contributed by atoms with Gasteiger partial charge in [0.2, 0.25) is 0 Å². The molecule has 3 rings (SSSR count). The van der Waals surface area contributed by atoms with E-state index in [2.05, 4.69) is 41.4 Å². The van der Waals surface area contributed by atoms with Crippen molar-refractivity contribution >= 4 is 0 Å². The van der Waals surface area contributed by atoms with E-state index in [4.69, 9.17) is 4.74 Å². The first-order valence-electron chi connectivity index (χ1n) is 8.50. The summed E-state index contributed by atoms with van der Waals surface area (Å²) >= 11 is 0. The summed E-state index contributed by atoms with van der Waals surface area (Å²) in [6.07, 6.45) is 5.29. The average molecular weight is 288 g/mol. The molecule has 2 atom stereocenters. The van der Waals surface area contributed by atoms with Gasteiger partial charge in [-0.3, -0.25) is 0 Å². The third-order valence-corrected chi connectivity index (χ3v) is 4.78. The number of hydrogen-bond donors (Lipinski definition) is 1. The van der Waals surface area contributed by atoms with E-state index in [1.165, 1.54) is 44.5 Å². The molecule has 0 amide bonds.